The van der Waals surface area contributed by atoms with E-state index < -0.39 is 5.60 Å². The van der Waals surface area contributed by atoms with Crippen LogP contribution < -0.4 is 0 Å². The van der Waals surface area contributed by atoms with E-state index in [9.17, 15) is 9.59 Å². The van der Waals surface area contributed by atoms with Crippen LogP contribution in [0, 0.1) is 0 Å². The summed E-state index contributed by atoms with van der Waals surface area (Å²) >= 11 is 0. The average Bonchev–Trinajstić information content (AvgIpc) is 2.86. The molecule has 0 bridgehead atoms. The summed E-state index contributed by atoms with van der Waals surface area (Å²) in [5, 5.41) is 0. The number of fused-ring (bicyclic) bond motifs is 1. The third kappa shape index (κ3) is 3.75. The number of benzene rings is 1. The van der Waals surface area contributed by atoms with Crippen molar-refractivity contribution in [2.24, 2.45) is 0 Å². The van der Waals surface area contributed by atoms with Crippen molar-refractivity contribution in [3.05, 3.63) is 47.5 Å². The number of hydrogen-bond donors (Lipinski definition) is 0. The Morgan fingerprint density at radius 1 is 1.32 bits per heavy atom. The zero-order valence-electron chi connectivity index (χ0n) is 13.5. The third-order valence-corrected chi connectivity index (χ3v) is 3.51. The number of hydrogen-bond acceptors (Lipinski definition) is 3. The minimum absolute atomic E-state index is 0.0998. The normalized spacial score (nSPS) is 13.7. The highest BCUT2D eigenvalue weighted by Gasteiger charge is 2.30. The van der Waals surface area contributed by atoms with Gasteiger partial charge in [-0.3, -0.25) is 9.69 Å². The first-order valence-corrected chi connectivity index (χ1v) is 7.54. The molecule has 0 spiro atoms. The van der Waals surface area contributed by atoms with Gasteiger partial charge in [0.05, 0.1) is 6.54 Å². The predicted octanol–water partition coefficient (Wildman–Crippen LogP) is 4.09. The molecule has 2 rings (SSSR count). The SMILES string of the molecule is C=CCCC(=O)c1cccc2c1CN(C(=O)OC(C)(C)C)C2. The predicted molar refractivity (Wildman–Crippen MR) is 85.7 cm³/mol. The molecular formula is C18H23NO3. The van der Waals surface area contributed by atoms with Crippen LogP contribution >= 0.6 is 0 Å². The summed E-state index contributed by atoms with van der Waals surface area (Å²) in [6.07, 6.45) is 2.52. The van der Waals surface area contributed by atoms with E-state index in [0.29, 0.717) is 31.5 Å². The number of carbonyl (C=O) groups excluding carboxylic acids is 2. The Balaban J connectivity index is 2.15. The molecule has 1 aromatic rings. The minimum atomic E-state index is -0.519. The third-order valence-electron chi connectivity index (χ3n) is 3.51. The van der Waals surface area contributed by atoms with Gasteiger partial charge in [-0.05, 0) is 38.3 Å². The first-order valence-electron chi connectivity index (χ1n) is 7.54. The van der Waals surface area contributed by atoms with Gasteiger partial charge in [0.15, 0.2) is 5.78 Å². The van der Waals surface area contributed by atoms with Crippen LogP contribution in [0.25, 0.3) is 0 Å². The number of ketones is 1. The van der Waals surface area contributed by atoms with Gasteiger partial charge in [-0.1, -0.05) is 24.3 Å². The molecule has 0 aromatic heterocycles. The Kier molecular flexibility index (Phi) is 4.69. The second-order valence-electron chi connectivity index (χ2n) is 6.53. The number of carbonyl (C=O) groups is 2. The fourth-order valence-electron chi connectivity index (χ4n) is 2.51. The Morgan fingerprint density at radius 2 is 2.05 bits per heavy atom. The maximum Gasteiger partial charge on any atom is 0.410 e. The monoisotopic (exact) mass is 301 g/mol. The molecule has 0 fully saturated rings. The minimum Gasteiger partial charge on any atom is -0.444 e. The van der Waals surface area contributed by atoms with Crippen LogP contribution in [0.4, 0.5) is 4.79 Å². The number of Topliss-reactive ketones (excluding diaryl/α,β-unsaturated/α-hetero) is 1. The molecule has 4 nitrogen and oxygen atoms in total. The van der Waals surface area contributed by atoms with Crippen molar-refractivity contribution in [1.82, 2.24) is 4.90 Å². The van der Waals surface area contributed by atoms with E-state index in [2.05, 4.69) is 6.58 Å². The molecule has 0 unspecified atom stereocenters. The van der Waals surface area contributed by atoms with Crippen molar-refractivity contribution in [2.45, 2.75) is 52.3 Å². The summed E-state index contributed by atoms with van der Waals surface area (Å²) in [7, 11) is 0. The van der Waals surface area contributed by atoms with Gasteiger partial charge in [0.25, 0.3) is 0 Å². The highest BCUT2D eigenvalue weighted by molar-refractivity contribution is 5.98. The van der Waals surface area contributed by atoms with Crippen LogP contribution in [-0.2, 0) is 17.8 Å². The Morgan fingerprint density at radius 3 is 2.68 bits per heavy atom. The lowest BCUT2D eigenvalue weighted by Gasteiger charge is -2.24. The fourth-order valence-corrected chi connectivity index (χ4v) is 2.51. The van der Waals surface area contributed by atoms with Crippen molar-refractivity contribution in [3.8, 4) is 0 Å². The molecule has 0 radical (unpaired) electrons. The second kappa shape index (κ2) is 6.34. The zero-order chi connectivity index (χ0) is 16.3. The maximum atomic E-state index is 12.3. The van der Waals surface area contributed by atoms with Crippen molar-refractivity contribution in [1.29, 1.82) is 0 Å². The van der Waals surface area contributed by atoms with Crippen LogP contribution in [0.15, 0.2) is 30.9 Å². The van der Waals surface area contributed by atoms with Gasteiger partial charge in [-0.15, -0.1) is 6.58 Å². The summed E-state index contributed by atoms with van der Waals surface area (Å²) in [4.78, 5) is 26.1. The van der Waals surface area contributed by atoms with Crippen molar-refractivity contribution in [2.75, 3.05) is 0 Å². The Labute approximate surface area is 131 Å². The van der Waals surface area contributed by atoms with Gasteiger partial charge in [0.2, 0.25) is 0 Å². The number of allylic oxidation sites excluding steroid dienone is 1. The lowest BCUT2D eigenvalue weighted by Crippen LogP contribution is -2.33. The Hall–Kier alpha value is -2.10. The van der Waals surface area contributed by atoms with Gasteiger partial charge >= 0.3 is 6.09 Å². The highest BCUT2D eigenvalue weighted by atomic mass is 16.6. The number of amides is 1. The summed E-state index contributed by atoms with van der Waals surface area (Å²) in [5.74, 6) is 0.0998. The summed E-state index contributed by atoms with van der Waals surface area (Å²) < 4.78 is 5.41. The lowest BCUT2D eigenvalue weighted by atomic mass is 9.98. The smallest absolute Gasteiger partial charge is 0.410 e. The molecule has 0 atom stereocenters. The van der Waals surface area contributed by atoms with Crippen LogP contribution in [0.3, 0.4) is 0 Å². The van der Waals surface area contributed by atoms with E-state index in [1.54, 1.807) is 11.0 Å². The number of rotatable bonds is 4. The molecule has 0 N–H and O–H groups in total. The highest BCUT2D eigenvalue weighted by Crippen LogP contribution is 2.28. The molecule has 0 aliphatic carbocycles. The Bertz CT molecular complexity index is 599. The molecule has 1 heterocycles. The maximum absolute atomic E-state index is 12.3. The summed E-state index contributed by atoms with van der Waals surface area (Å²) in [5.41, 5.74) is 2.16. The topological polar surface area (TPSA) is 46.6 Å². The quantitative estimate of drug-likeness (QED) is 0.621. The van der Waals surface area contributed by atoms with E-state index in [4.69, 9.17) is 4.74 Å². The van der Waals surface area contributed by atoms with Crippen molar-refractivity contribution in [3.63, 3.8) is 0 Å². The largest absolute Gasteiger partial charge is 0.444 e. The fraction of sp³-hybridized carbons (Fsp3) is 0.444. The van der Waals surface area contributed by atoms with Gasteiger partial charge in [-0.2, -0.15) is 0 Å². The number of nitrogens with zero attached hydrogens (tertiary/aromatic N) is 1. The molecule has 1 aliphatic heterocycles. The first-order chi connectivity index (χ1) is 10.3. The summed E-state index contributed by atoms with van der Waals surface area (Å²) in [6, 6.07) is 5.67. The van der Waals surface area contributed by atoms with E-state index in [0.717, 1.165) is 11.1 Å². The molecule has 22 heavy (non-hydrogen) atoms. The van der Waals surface area contributed by atoms with Crippen LogP contribution in [-0.4, -0.2) is 22.4 Å². The van der Waals surface area contributed by atoms with Gasteiger partial charge < -0.3 is 4.74 Å². The number of ether oxygens (including phenoxy) is 1. The van der Waals surface area contributed by atoms with E-state index >= 15 is 0 Å². The van der Waals surface area contributed by atoms with E-state index in [1.165, 1.54) is 0 Å². The van der Waals surface area contributed by atoms with E-state index in [-0.39, 0.29) is 11.9 Å². The van der Waals surface area contributed by atoms with Crippen molar-refractivity contribution >= 4 is 11.9 Å². The molecule has 118 valence electrons. The first kappa shape index (κ1) is 16.3. The second-order valence-corrected chi connectivity index (χ2v) is 6.53. The molecule has 1 amide bonds. The average molecular weight is 301 g/mol. The molecule has 0 saturated carbocycles. The van der Waals surface area contributed by atoms with Crippen LogP contribution in [0.2, 0.25) is 0 Å². The van der Waals surface area contributed by atoms with Gasteiger partial charge in [0, 0.05) is 18.5 Å². The van der Waals surface area contributed by atoms with Crippen LogP contribution in [0.5, 0.6) is 0 Å². The molecular weight excluding hydrogens is 278 g/mol. The molecule has 1 aromatic carbocycles. The summed E-state index contributed by atoms with van der Waals surface area (Å²) in [6.45, 7) is 10.1. The lowest BCUT2D eigenvalue weighted by molar-refractivity contribution is 0.0241. The van der Waals surface area contributed by atoms with E-state index in [1.807, 2.05) is 39.0 Å². The van der Waals surface area contributed by atoms with Gasteiger partial charge in [0.1, 0.15) is 5.60 Å². The standard InChI is InChI=1S/C18H23NO3/c1-5-6-10-16(20)14-9-7-8-13-11-19(12-15(13)14)17(21)22-18(2,3)4/h5,7-9H,1,6,10-12H2,2-4H3. The van der Waals surface area contributed by atoms with Gasteiger partial charge in [-0.25, -0.2) is 4.79 Å². The molecule has 4 heteroatoms. The molecule has 1 aliphatic rings. The van der Waals surface area contributed by atoms with Crippen LogP contribution in [0.1, 0.15) is 55.1 Å². The zero-order valence-corrected chi connectivity index (χ0v) is 13.5. The molecule has 0 saturated heterocycles. The van der Waals surface area contributed by atoms with Crippen molar-refractivity contribution < 1.29 is 14.3 Å².